The Kier molecular flexibility index (Phi) is 4.24. The molecule has 0 fully saturated rings. The average Bonchev–Trinajstić information content (AvgIpc) is 2.89. The van der Waals surface area contributed by atoms with Crippen molar-refractivity contribution in [2.24, 2.45) is 0 Å². The van der Waals surface area contributed by atoms with Crippen LogP contribution in [0.15, 0.2) is 0 Å². The fraction of sp³-hybridized carbons (Fsp3) is 0.417. The summed E-state index contributed by atoms with van der Waals surface area (Å²) in [5.41, 5.74) is 1.74. The van der Waals surface area contributed by atoms with E-state index in [9.17, 15) is 4.79 Å². The second kappa shape index (κ2) is 5.90. The van der Waals surface area contributed by atoms with Crippen molar-refractivity contribution < 1.29 is 4.79 Å². The number of hydrogen-bond donors (Lipinski definition) is 1. The molecule has 2 rings (SSSR count). The van der Waals surface area contributed by atoms with Crippen LogP contribution in [-0.4, -0.2) is 17.4 Å². The lowest BCUT2D eigenvalue weighted by Gasteiger charge is -2.02. The molecule has 0 aliphatic heterocycles. The molecule has 1 aliphatic carbocycles. The summed E-state index contributed by atoms with van der Waals surface area (Å²) in [5, 5.41) is 21.0. The van der Waals surface area contributed by atoms with Gasteiger partial charge in [0.2, 0.25) is 5.91 Å². The number of rotatable bonds is 4. The van der Waals surface area contributed by atoms with E-state index in [-0.39, 0.29) is 11.7 Å². The molecule has 1 aromatic rings. The maximum atomic E-state index is 11.6. The Hall–Kier alpha value is -1.50. The van der Waals surface area contributed by atoms with E-state index in [0.717, 1.165) is 24.8 Å². The first-order valence-electron chi connectivity index (χ1n) is 5.55. The van der Waals surface area contributed by atoms with Gasteiger partial charge in [0.05, 0.1) is 23.1 Å². The summed E-state index contributed by atoms with van der Waals surface area (Å²) in [5.74, 6) is 0.409. The zero-order chi connectivity index (χ0) is 13.0. The number of nitrogens with zero attached hydrogens (tertiary/aromatic N) is 2. The summed E-state index contributed by atoms with van der Waals surface area (Å²) in [6, 6.07) is 4.16. The molecule has 6 heteroatoms. The van der Waals surface area contributed by atoms with Crippen LogP contribution >= 0.6 is 23.1 Å². The van der Waals surface area contributed by atoms with Crippen LogP contribution in [0.2, 0.25) is 0 Å². The molecule has 0 spiro atoms. The van der Waals surface area contributed by atoms with Gasteiger partial charge < -0.3 is 5.32 Å². The lowest BCUT2D eigenvalue weighted by molar-refractivity contribution is -0.113. The molecule has 18 heavy (non-hydrogen) atoms. The van der Waals surface area contributed by atoms with Crippen molar-refractivity contribution in [2.45, 2.75) is 19.3 Å². The number of carbonyl (C=O) groups excluding carboxylic acids is 1. The number of nitrogens with one attached hydrogen (secondary N) is 1. The molecular weight excluding hydrogens is 266 g/mol. The van der Waals surface area contributed by atoms with Crippen LogP contribution in [0.3, 0.4) is 0 Å². The molecule has 1 aromatic heterocycles. The first kappa shape index (κ1) is 12.9. The highest BCUT2D eigenvalue weighted by molar-refractivity contribution is 8.00. The van der Waals surface area contributed by atoms with Gasteiger partial charge in [-0.2, -0.15) is 10.5 Å². The molecule has 0 saturated carbocycles. The minimum Gasteiger partial charge on any atom is -0.316 e. The Bertz CT molecular complexity index is 551. The van der Waals surface area contributed by atoms with Gasteiger partial charge in [-0.25, -0.2) is 0 Å². The number of nitriles is 2. The first-order chi connectivity index (χ1) is 8.76. The maximum absolute atomic E-state index is 11.6. The van der Waals surface area contributed by atoms with Gasteiger partial charge in [-0.1, -0.05) is 0 Å². The molecule has 1 amide bonds. The van der Waals surface area contributed by atoms with Gasteiger partial charge in [0, 0.05) is 4.88 Å². The minimum absolute atomic E-state index is 0.147. The topological polar surface area (TPSA) is 76.7 Å². The number of hydrogen-bond acceptors (Lipinski definition) is 5. The van der Waals surface area contributed by atoms with Crippen LogP contribution < -0.4 is 5.32 Å². The highest BCUT2D eigenvalue weighted by Gasteiger charge is 2.22. The third-order valence-electron chi connectivity index (χ3n) is 2.69. The van der Waals surface area contributed by atoms with Crippen molar-refractivity contribution in [3.63, 3.8) is 0 Å². The lowest BCUT2D eigenvalue weighted by atomic mass is 10.1. The van der Waals surface area contributed by atoms with Crippen molar-refractivity contribution in [1.29, 1.82) is 10.5 Å². The molecule has 0 saturated heterocycles. The highest BCUT2D eigenvalue weighted by Crippen LogP contribution is 2.38. The molecule has 1 aliphatic rings. The van der Waals surface area contributed by atoms with Crippen LogP contribution in [0.4, 0.5) is 5.00 Å². The zero-order valence-corrected chi connectivity index (χ0v) is 11.3. The monoisotopic (exact) mass is 277 g/mol. The third-order valence-corrected chi connectivity index (χ3v) is 4.69. The molecule has 1 N–H and O–H groups in total. The second-order valence-corrected chi connectivity index (χ2v) is 5.96. The standard InChI is InChI=1S/C12H11N3OS2/c13-4-5-17-7-11(16)15-12-9(6-14)8-2-1-3-10(8)18-12/h1-3,5,7H2,(H,15,16). The molecule has 0 radical (unpaired) electrons. The van der Waals surface area contributed by atoms with E-state index in [1.165, 1.54) is 28.0 Å². The summed E-state index contributed by atoms with van der Waals surface area (Å²) < 4.78 is 0. The van der Waals surface area contributed by atoms with Crippen molar-refractivity contribution in [3.8, 4) is 12.1 Å². The summed E-state index contributed by atoms with van der Waals surface area (Å²) in [6.45, 7) is 0. The Morgan fingerprint density at radius 2 is 2.28 bits per heavy atom. The third kappa shape index (κ3) is 2.66. The van der Waals surface area contributed by atoms with E-state index in [1.807, 2.05) is 6.07 Å². The van der Waals surface area contributed by atoms with E-state index in [1.54, 1.807) is 0 Å². The van der Waals surface area contributed by atoms with Gasteiger partial charge >= 0.3 is 0 Å². The second-order valence-electron chi connectivity index (χ2n) is 3.87. The summed E-state index contributed by atoms with van der Waals surface area (Å²) >= 11 is 2.79. The molecule has 0 atom stereocenters. The highest BCUT2D eigenvalue weighted by atomic mass is 32.2. The Balaban J connectivity index is 2.04. The quantitative estimate of drug-likeness (QED) is 0.857. The van der Waals surface area contributed by atoms with Gasteiger partial charge in [0.1, 0.15) is 11.1 Å². The van der Waals surface area contributed by atoms with Crippen molar-refractivity contribution in [1.82, 2.24) is 0 Å². The molecule has 1 heterocycles. The Morgan fingerprint density at radius 3 is 3.00 bits per heavy atom. The predicted molar refractivity (Wildman–Crippen MR) is 72.6 cm³/mol. The zero-order valence-electron chi connectivity index (χ0n) is 9.65. The number of fused-ring (bicyclic) bond motifs is 1. The predicted octanol–water partition coefficient (Wildman–Crippen LogP) is 2.30. The van der Waals surface area contributed by atoms with E-state index in [2.05, 4.69) is 11.4 Å². The molecule has 4 nitrogen and oxygen atoms in total. The number of carbonyl (C=O) groups is 1. The summed E-state index contributed by atoms with van der Waals surface area (Å²) in [6.07, 6.45) is 3.05. The van der Waals surface area contributed by atoms with Crippen molar-refractivity contribution in [3.05, 3.63) is 16.0 Å². The normalized spacial score (nSPS) is 12.6. The van der Waals surface area contributed by atoms with Gasteiger partial charge in [-0.05, 0) is 24.8 Å². The van der Waals surface area contributed by atoms with E-state index in [0.29, 0.717) is 16.3 Å². The average molecular weight is 277 g/mol. The van der Waals surface area contributed by atoms with E-state index in [4.69, 9.17) is 10.5 Å². The fourth-order valence-electron chi connectivity index (χ4n) is 1.96. The Morgan fingerprint density at radius 1 is 1.44 bits per heavy atom. The molecule has 0 bridgehead atoms. The maximum Gasteiger partial charge on any atom is 0.235 e. The number of anilines is 1. The molecule has 92 valence electrons. The van der Waals surface area contributed by atoms with Crippen LogP contribution in [0.5, 0.6) is 0 Å². The van der Waals surface area contributed by atoms with Gasteiger partial charge in [0.15, 0.2) is 0 Å². The SMILES string of the molecule is N#CCSCC(=O)Nc1sc2c(c1C#N)CCC2. The van der Waals surface area contributed by atoms with Crippen LogP contribution in [0, 0.1) is 22.7 Å². The molecule has 0 unspecified atom stereocenters. The Labute approximate surface area is 114 Å². The lowest BCUT2D eigenvalue weighted by Crippen LogP contribution is -2.14. The minimum atomic E-state index is -0.147. The van der Waals surface area contributed by atoms with Crippen molar-refractivity contribution in [2.75, 3.05) is 16.8 Å². The van der Waals surface area contributed by atoms with E-state index >= 15 is 0 Å². The van der Waals surface area contributed by atoms with Crippen LogP contribution in [0.25, 0.3) is 0 Å². The van der Waals surface area contributed by atoms with E-state index < -0.39 is 0 Å². The van der Waals surface area contributed by atoms with Crippen LogP contribution in [0.1, 0.15) is 22.4 Å². The first-order valence-corrected chi connectivity index (χ1v) is 7.52. The number of amides is 1. The smallest absolute Gasteiger partial charge is 0.235 e. The summed E-state index contributed by atoms with van der Waals surface area (Å²) in [7, 11) is 0. The largest absolute Gasteiger partial charge is 0.316 e. The number of thiophene rings is 1. The van der Waals surface area contributed by atoms with Gasteiger partial charge in [0.25, 0.3) is 0 Å². The van der Waals surface area contributed by atoms with Gasteiger partial charge in [-0.3, -0.25) is 4.79 Å². The summed E-state index contributed by atoms with van der Waals surface area (Å²) in [4.78, 5) is 12.9. The number of aryl methyl sites for hydroxylation is 1. The molecular formula is C12H11N3OS2. The fourth-order valence-corrected chi connectivity index (χ4v) is 3.67. The number of thioether (sulfide) groups is 1. The van der Waals surface area contributed by atoms with Crippen molar-refractivity contribution >= 4 is 34.0 Å². The molecule has 0 aromatic carbocycles. The van der Waals surface area contributed by atoms with Crippen LogP contribution in [-0.2, 0) is 17.6 Å². The van der Waals surface area contributed by atoms with Gasteiger partial charge in [-0.15, -0.1) is 23.1 Å².